The summed E-state index contributed by atoms with van der Waals surface area (Å²) >= 11 is 7.59. The van der Waals surface area contributed by atoms with Crippen molar-refractivity contribution in [2.24, 2.45) is 0 Å². The minimum atomic E-state index is -0.507. The Morgan fingerprint density at radius 3 is 2.19 bits per heavy atom. The number of rotatable bonds is 10. The van der Waals surface area contributed by atoms with Gasteiger partial charge in [-0.25, -0.2) is 0 Å². The Morgan fingerprint density at radius 2 is 1.65 bits per heavy atom. The Labute approximate surface area is 195 Å². The number of amides is 2. The van der Waals surface area contributed by atoms with Crippen LogP contribution < -0.4 is 5.32 Å². The van der Waals surface area contributed by atoms with Crippen molar-refractivity contribution < 1.29 is 9.59 Å². The molecule has 0 heterocycles. The van der Waals surface area contributed by atoms with E-state index in [0.29, 0.717) is 23.7 Å². The van der Waals surface area contributed by atoms with Gasteiger partial charge in [-0.3, -0.25) is 9.59 Å². The number of benzene rings is 2. The molecule has 0 bridgehead atoms. The van der Waals surface area contributed by atoms with Crippen LogP contribution in [0.3, 0.4) is 0 Å². The SMILES string of the molecule is CC[C@@H](C(=O)NC(C)C)N(Cc1ccc(Cl)cc1)C(=O)CSCc1cc(C)cc(C)c1. The normalized spacial score (nSPS) is 12.0. The second kappa shape index (κ2) is 12.2. The predicted molar refractivity (Wildman–Crippen MR) is 131 cm³/mol. The molecule has 2 rings (SSSR count). The van der Waals surface area contributed by atoms with Crippen LogP contribution in [0, 0.1) is 13.8 Å². The maximum absolute atomic E-state index is 13.2. The largest absolute Gasteiger partial charge is 0.352 e. The number of hydrogen-bond acceptors (Lipinski definition) is 3. The molecule has 0 aliphatic heterocycles. The van der Waals surface area contributed by atoms with Gasteiger partial charge >= 0.3 is 0 Å². The van der Waals surface area contributed by atoms with Crippen LogP contribution in [0.1, 0.15) is 49.4 Å². The summed E-state index contributed by atoms with van der Waals surface area (Å²) in [6.07, 6.45) is 0.555. The standard InChI is InChI=1S/C25H33ClN2O2S/c1-6-23(25(30)27-17(2)3)28(14-20-7-9-22(26)10-8-20)24(29)16-31-15-21-12-18(4)11-19(5)13-21/h7-13,17,23H,6,14-16H2,1-5H3,(H,27,30)/t23-/m0/s1. The van der Waals surface area contributed by atoms with Gasteiger partial charge in [-0.2, -0.15) is 0 Å². The molecule has 6 heteroatoms. The third-order valence-electron chi connectivity index (χ3n) is 4.86. The van der Waals surface area contributed by atoms with Crippen LogP contribution in [0.25, 0.3) is 0 Å². The van der Waals surface area contributed by atoms with Gasteiger partial charge in [-0.15, -0.1) is 11.8 Å². The molecule has 0 aromatic heterocycles. The van der Waals surface area contributed by atoms with Crippen LogP contribution in [0.15, 0.2) is 42.5 Å². The number of hydrogen-bond donors (Lipinski definition) is 1. The van der Waals surface area contributed by atoms with E-state index in [0.717, 1.165) is 11.3 Å². The topological polar surface area (TPSA) is 49.4 Å². The van der Waals surface area contributed by atoms with E-state index in [4.69, 9.17) is 11.6 Å². The highest BCUT2D eigenvalue weighted by molar-refractivity contribution is 7.99. The maximum Gasteiger partial charge on any atom is 0.243 e. The molecule has 2 amide bonds. The van der Waals surface area contributed by atoms with Crippen LogP contribution >= 0.6 is 23.4 Å². The van der Waals surface area contributed by atoms with Crippen molar-refractivity contribution >= 4 is 35.2 Å². The van der Waals surface area contributed by atoms with E-state index in [1.807, 2.05) is 45.0 Å². The average Bonchev–Trinajstić information content (AvgIpc) is 2.68. The monoisotopic (exact) mass is 460 g/mol. The molecule has 1 atom stereocenters. The zero-order valence-electron chi connectivity index (χ0n) is 19.1. The number of nitrogens with one attached hydrogen (secondary N) is 1. The van der Waals surface area contributed by atoms with E-state index in [9.17, 15) is 9.59 Å². The van der Waals surface area contributed by atoms with Gasteiger partial charge in [0.2, 0.25) is 11.8 Å². The number of carbonyl (C=O) groups is 2. The lowest BCUT2D eigenvalue weighted by molar-refractivity contribution is -0.139. The van der Waals surface area contributed by atoms with Gasteiger partial charge in [-0.05, 0) is 57.4 Å². The summed E-state index contributed by atoms with van der Waals surface area (Å²) in [5, 5.41) is 3.61. The highest BCUT2D eigenvalue weighted by Crippen LogP contribution is 2.20. The van der Waals surface area contributed by atoms with E-state index < -0.39 is 6.04 Å². The molecule has 0 saturated carbocycles. The summed E-state index contributed by atoms with van der Waals surface area (Å²) in [6, 6.07) is 13.4. The van der Waals surface area contributed by atoms with Crippen LogP contribution in [0.5, 0.6) is 0 Å². The molecule has 4 nitrogen and oxygen atoms in total. The average molecular weight is 461 g/mol. The first-order valence-electron chi connectivity index (χ1n) is 10.7. The Bertz CT molecular complexity index is 863. The second-order valence-corrected chi connectivity index (χ2v) is 9.65. The van der Waals surface area contributed by atoms with Crippen molar-refractivity contribution in [3.05, 3.63) is 69.7 Å². The first kappa shape index (κ1) is 25.3. The Balaban J connectivity index is 2.13. The molecule has 0 unspecified atom stereocenters. The van der Waals surface area contributed by atoms with Crippen molar-refractivity contribution in [2.45, 2.75) is 65.4 Å². The first-order chi connectivity index (χ1) is 14.7. The minimum Gasteiger partial charge on any atom is -0.352 e. The van der Waals surface area contributed by atoms with Gasteiger partial charge in [0.25, 0.3) is 0 Å². The Hall–Kier alpha value is -1.98. The highest BCUT2D eigenvalue weighted by atomic mass is 35.5. The van der Waals surface area contributed by atoms with Crippen molar-refractivity contribution in [3.8, 4) is 0 Å². The second-order valence-electron chi connectivity index (χ2n) is 8.22. The van der Waals surface area contributed by atoms with Crippen molar-refractivity contribution in [3.63, 3.8) is 0 Å². The van der Waals surface area contributed by atoms with Gasteiger partial charge in [0.1, 0.15) is 6.04 Å². The molecule has 0 fully saturated rings. The Morgan fingerprint density at radius 1 is 1.03 bits per heavy atom. The molecule has 0 aliphatic carbocycles. The fraction of sp³-hybridized carbons (Fsp3) is 0.440. The van der Waals surface area contributed by atoms with Gasteiger partial charge in [-0.1, -0.05) is 60.0 Å². The zero-order valence-corrected chi connectivity index (χ0v) is 20.6. The zero-order chi connectivity index (χ0) is 23.0. The summed E-state index contributed by atoms with van der Waals surface area (Å²) in [5.74, 6) is 0.943. The molecular weight excluding hydrogens is 428 g/mol. The van der Waals surface area contributed by atoms with Crippen LogP contribution in [0.4, 0.5) is 0 Å². The molecular formula is C25H33ClN2O2S. The first-order valence-corrected chi connectivity index (χ1v) is 12.2. The van der Waals surface area contributed by atoms with Crippen LogP contribution in [-0.2, 0) is 21.9 Å². The molecule has 0 aliphatic rings. The lowest BCUT2D eigenvalue weighted by atomic mass is 10.1. The molecule has 31 heavy (non-hydrogen) atoms. The number of aryl methyl sites for hydroxylation is 2. The van der Waals surface area contributed by atoms with E-state index >= 15 is 0 Å². The van der Waals surface area contributed by atoms with Crippen molar-refractivity contribution in [1.29, 1.82) is 0 Å². The van der Waals surface area contributed by atoms with Crippen LogP contribution in [0.2, 0.25) is 5.02 Å². The molecule has 168 valence electrons. The minimum absolute atomic E-state index is 0.0213. The fourth-order valence-electron chi connectivity index (χ4n) is 3.58. The molecule has 0 spiro atoms. The highest BCUT2D eigenvalue weighted by Gasteiger charge is 2.28. The molecule has 0 radical (unpaired) electrons. The molecule has 0 saturated heterocycles. The van der Waals surface area contributed by atoms with E-state index in [-0.39, 0.29) is 17.9 Å². The van der Waals surface area contributed by atoms with E-state index in [2.05, 4.69) is 37.4 Å². The summed E-state index contributed by atoms with van der Waals surface area (Å²) in [4.78, 5) is 27.7. The van der Waals surface area contributed by atoms with Gasteiger partial charge in [0, 0.05) is 23.4 Å². The number of thioether (sulfide) groups is 1. The molecule has 1 N–H and O–H groups in total. The van der Waals surface area contributed by atoms with Crippen molar-refractivity contribution in [2.75, 3.05) is 5.75 Å². The smallest absolute Gasteiger partial charge is 0.243 e. The fourth-order valence-corrected chi connectivity index (χ4v) is 4.55. The number of nitrogens with zero attached hydrogens (tertiary/aromatic N) is 1. The predicted octanol–water partition coefficient (Wildman–Crippen LogP) is 5.52. The summed E-state index contributed by atoms with van der Waals surface area (Å²) in [6.45, 7) is 10.3. The Kier molecular flexibility index (Phi) is 9.92. The summed E-state index contributed by atoms with van der Waals surface area (Å²) < 4.78 is 0. The lowest BCUT2D eigenvalue weighted by Gasteiger charge is -2.31. The third-order valence-corrected chi connectivity index (χ3v) is 6.10. The van der Waals surface area contributed by atoms with Gasteiger partial charge in [0.05, 0.1) is 5.75 Å². The van der Waals surface area contributed by atoms with Gasteiger partial charge < -0.3 is 10.2 Å². The summed E-state index contributed by atoms with van der Waals surface area (Å²) in [5.41, 5.74) is 4.61. The number of halogens is 1. The van der Waals surface area contributed by atoms with E-state index in [1.165, 1.54) is 16.7 Å². The number of carbonyl (C=O) groups excluding carboxylic acids is 2. The van der Waals surface area contributed by atoms with Crippen LogP contribution in [-0.4, -0.2) is 34.6 Å². The summed E-state index contributed by atoms with van der Waals surface area (Å²) in [7, 11) is 0. The lowest BCUT2D eigenvalue weighted by Crippen LogP contribution is -2.50. The van der Waals surface area contributed by atoms with E-state index in [1.54, 1.807) is 16.7 Å². The molecule has 2 aromatic rings. The third kappa shape index (κ3) is 8.23. The van der Waals surface area contributed by atoms with Gasteiger partial charge in [0.15, 0.2) is 0 Å². The molecule has 2 aromatic carbocycles. The van der Waals surface area contributed by atoms with Crippen molar-refractivity contribution in [1.82, 2.24) is 10.2 Å². The maximum atomic E-state index is 13.2. The quantitative estimate of drug-likeness (QED) is 0.507.